The number of carbonyl (C=O) groups excluding carboxylic acids is 1. The number of hydrogen-bond donors (Lipinski definition) is 2. The second-order valence-electron chi connectivity index (χ2n) is 5.91. The smallest absolute Gasteiger partial charge is 0.338 e. The van der Waals surface area contributed by atoms with Crippen molar-refractivity contribution in [3.05, 3.63) is 29.1 Å². The first-order valence-corrected chi connectivity index (χ1v) is 8.28. The summed E-state index contributed by atoms with van der Waals surface area (Å²) in [6, 6.07) is 2.03. The van der Waals surface area contributed by atoms with Gasteiger partial charge in [0.1, 0.15) is 0 Å². The summed E-state index contributed by atoms with van der Waals surface area (Å²) in [5, 5.41) is 8.95. The van der Waals surface area contributed by atoms with E-state index in [2.05, 4.69) is 0 Å². The Labute approximate surface area is 133 Å². The van der Waals surface area contributed by atoms with Gasteiger partial charge in [-0.15, -0.1) is 0 Å². The van der Waals surface area contributed by atoms with Crippen molar-refractivity contribution in [1.82, 2.24) is 4.72 Å². The maximum atomic E-state index is 14.3. The first-order valence-electron chi connectivity index (χ1n) is 6.80. The molecule has 2 N–H and O–H groups in total. The van der Waals surface area contributed by atoms with Crippen LogP contribution in [0.25, 0.3) is 0 Å². The molecule has 0 radical (unpaired) electrons. The van der Waals surface area contributed by atoms with E-state index in [-0.39, 0.29) is 11.3 Å². The SMILES string of the molecule is CN(C)c1c(C(=O)NS(=O)(=O)C2(C)CC2)ccc(C(=O)O)c1F. The number of anilines is 1. The van der Waals surface area contributed by atoms with E-state index in [4.69, 9.17) is 5.11 Å². The van der Waals surface area contributed by atoms with Crippen LogP contribution >= 0.6 is 0 Å². The van der Waals surface area contributed by atoms with Gasteiger partial charge >= 0.3 is 5.97 Å². The number of nitrogens with zero attached hydrogens (tertiary/aromatic N) is 1. The summed E-state index contributed by atoms with van der Waals surface area (Å²) in [6.07, 6.45) is 0.894. The Hall–Kier alpha value is -2.16. The number of rotatable bonds is 5. The van der Waals surface area contributed by atoms with Gasteiger partial charge in [0.05, 0.1) is 21.6 Å². The zero-order chi connectivity index (χ0) is 17.6. The predicted octanol–water partition coefficient (Wildman–Crippen LogP) is 1.20. The van der Waals surface area contributed by atoms with Crippen LogP contribution in [-0.2, 0) is 10.0 Å². The Morgan fingerprint density at radius 3 is 2.22 bits per heavy atom. The van der Waals surface area contributed by atoms with Crippen LogP contribution in [0.3, 0.4) is 0 Å². The normalized spacial score (nSPS) is 15.8. The highest BCUT2D eigenvalue weighted by atomic mass is 32.2. The monoisotopic (exact) mass is 344 g/mol. The molecule has 0 aromatic heterocycles. The molecule has 0 bridgehead atoms. The molecule has 9 heteroatoms. The van der Waals surface area contributed by atoms with Gasteiger partial charge in [-0.1, -0.05) is 0 Å². The van der Waals surface area contributed by atoms with Gasteiger partial charge in [-0.3, -0.25) is 4.79 Å². The molecule has 2 rings (SSSR count). The minimum absolute atomic E-state index is 0.245. The number of halogens is 1. The summed E-state index contributed by atoms with van der Waals surface area (Å²) < 4.78 is 39.5. The van der Waals surface area contributed by atoms with Crippen molar-refractivity contribution < 1.29 is 27.5 Å². The lowest BCUT2D eigenvalue weighted by atomic mass is 10.1. The molecule has 1 aromatic rings. The third-order valence-electron chi connectivity index (χ3n) is 3.87. The quantitative estimate of drug-likeness (QED) is 0.832. The Bertz CT molecular complexity index is 785. The van der Waals surface area contributed by atoms with E-state index < -0.39 is 38.0 Å². The molecular weight excluding hydrogens is 327 g/mol. The molecule has 0 aliphatic heterocycles. The highest BCUT2D eigenvalue weighted by Gasteiger charge is 2.51. The Morgan fingerprint density at radius 2 is 1.78 bits per heavy atom. The average Bonchev–Trinajstić information content (AvgIpc) is 3.16. The second-order valence-corrected chi connectivity index (χ2v) is 8.10. The van der Waals surface area contributed by atoms with Crippen molar-refractivity contribution in [2.45, 2.75) is 24.5 Å². The Kier molecular flexibility index (Phi) is 4.10. The summed E-state index contributed by atoms with van der Waals surface area (Å²) in [4.78, 5) is 24.5. The lowest BCUT2D eigenvalue weighted by molar-refractivity contribution is 0.0691. The summed E-state index contributed by atoms with van der Waals surface area (Å²) in [6.45, 7) is 1.52. The van der Waals surface area contributed by atoms with Crippen molar-refractivity contribution in [3.63, 3.8) is 0 Å². The topological polar surface area (TPSA) is 104 Å². The maximum absolute atomic E-state index is 14.3. The number of aromatic carboxylic acids is 1. The minimum atomic E-state index is -3.87. The molecule has 0 unspecified atom stereocenters. The largest absolute Gasteiger partial charge is 0.478 e. The average molecular weight is 344 g/mol. The van der Waals surface area contributed by atoms with Crippen LogP contribution in [0, 0.1) is 5.82 Å². The van der Waals surface area contributed by atoms with Gasteiger partial charge in [-0.05, 0) is 31.9 Å². The first kappa shape index (κ1) is 17.2. The number of hydrogen-bond acceptors (Lipinski definition) is 5. The van der Waals surface area contributed by atoms with Gasteiger partial charge < -0.3 is 10.0 Å². The van der Waals surface area contributed by atoms with Crippen molar-refractivity contribution in [1.29, 1.82) is 0 Å². The Morgan fingerprint density at radius 1 is 1.26 bits per heavy atom. The number of nitrogens with one attached hydrogen (secondary N) is 1. The zero-order valence-electron chi connectivity index (χ0n) is 12.9. The van der Waals surface area contributed by atoms with Crippen molar-refractivity contribution >= 4 is 27.6 Å². The third-order valence-corrected chi connectivity index (χ3v) is 6.03. The fourth-order valence-electron chi connectivity index (χ4n) is 2.10. The van der Waals surface area contributed by atoms with E-state index in [1.54, 1.807) is 0 Å². The summed E-state index contributed by atoms with van der Waals surface area (Å²) in [5.41, 5.74) is -1.12. The molecule has 126 valence electrons. The molecule has 0 saturated heterocycles. The van der Waals surface area contributed by atoms with E-state index in [9.17, 15) is 22.4 Å². The highest BCUT2D eigenvalue weighted by molar-refractivity contribution is 7.91. The molecule has 1 fully saturated rings. The van der Waals surface area contributed by atoms with Crippen LogP contribution in [0.15, 0.2) is 12.1 Å². The second kappa shape index (κ2) is 5.48. The van der Waals surface area contributed by atoms with Crippen molar-refractivity contribution in [2.24, 2.45) is 0 Å². The van der Waals surface area contributed by atoms with E-state index in [0.717, 1.165) is 12.1 Å². The van der Waals surface area contributed by atoms with Crippen molar-refractivity contribution in [2.75, 3.05) is 19.0 Å². The van der Waals surface area contributed by atoms with Crippen LogP contribution in [0.2, 0.25) is 0 Å². The molecule has 0 atom stereocenters. The molecule has 0 spiro atoms. The number of carboxylic acid groups (broad SMARTS) is 1. The fraction of sp³-hybridized carbons (Fsp3) is 0.429. The van der Waals surface area contributed by atoms with Gasteiger partial charge in [0.15, 0.2) is 5.82 Å². The molecule has 1 aromatic carbocycles. The Balaban J connectivity index is 2.45. The van der Waals surface area contributed by atoms with Gasteiger partial charge in [-0.25, -0.2) is 22.3 Å². The van der Waals surface area contributed by atoms with Crippen LogP contribution < -0.4 is 9.62 Å². The maximum Gasteiger partial charge on any atom is 0.338 e. The lowest BCUT2D eigenvalue weighted by Gasteiger charge is -2.20. The minimum Gasteiger partial charge on any atom is -0.478 e. The lowest BCUT2D eigenvalue weighted by Crippen LogP contribution is -2.39. The van der Waals surface area contributed by atoms with E-state index in [1.807, 2.05) is 4.72 Å². The molecular formula is C14H17FN2O5S. The van der Waals surface area contributed by atoms with E-state index in [0.29, 0.717) is 12.8 Å². The van der Waals surface area contributed by atoms with E-state index in [1.165, 1.54) is 25.9 Å². The molecule has 1 saturated carbocycles. The molecule has 1 aliphatic rings. The number of carboxylic acids is 1. The summed E-state index contributed by atoms with van der Waals surface area (Å²) in [5.74, 6) is -3.56. The van der Waals surface area contributed by atoms with Crippen molar-refractivity contribution in [3.8, 4) is 0 Å². The molecule has 23 heavy (non-hydrogen) atoms. The standard InChI is InChI=1S/C14H17FN2O5S/c1-14(6-7-14)23(21,22)16-12(18)9-5-4-8(13(19)20)10(15)11(9)17(2)3/h4-5H,6-7H2,1-3H3,(H,16,18)(H,19,20). The van der Waals surface area contributed by atoms with E-state index >= 15 is 0 Å². The number of amides is 1. The van der Waals surface area contributed by atoms with Gasteiger partial charge in [0.2, 0.25) is 10.0 Å². The number of benzene rings is 1. The van der Waals surface area contributed by atoms with Gasteiger partial charge in [0.25, 0.3) is 5.91 Å². The van der Waals surface area contributed by atoms with Crippen LogP contribution in [-0.4, -0.2) is 44.2 Å². The molecule has 0 heterocycles. The van der Waals surface area contributed by atoms with Gasteiger partial charge in [-0.2, -0.15) is 0 Å². The summed E-state index contributed by atoms with van der Waals surface area (Å²) in [7, 11) is -1.02. The molecule has 1 amide bonds. The summed E-state index contributed by atoms with van der Waals surface area (Å²) >= 11 is 0. The van der Waals surface area contributed by atoms with Crippen LogP contribution in [0.4, 0.5) is 10.1 Å². The number of sulfonamides is 1. The molecule has 7 nitrogen and oxygen atoms in total. The van der Waals surface area contributed by atoms with Crippen LogP contribution in [0.5, 0.6) is 0 Å². The highest BCUT2D eigenvalue weighted by Crippen LogP contribution is 2.42. The molecule has 1 aliphatic carbocycles. The van der Waals surface area contributed by atoms with Gasteiger partial charge in [0, 0.05) is 14.1 Å². The predicted molar refractivity (Wildman–Crippen MR) is 81.7 cm³/mol. The third kappa shape index (κ3) is 3.00. The number of carbonyl (C=O) groups is 2. The zero-order valence-corrected chi connectivity index (χ0v) is 13.7. The van der Waals surface area contributed by atoms with Crippen LogP contribution in [0.1, 0.15) is 40.5 Å². The first-order chi connectivity index (χ1) is 10.5. The fourth-order valence-corrected chi connectivity index (χ4v) is 3.34.